The monoisotopic (exact) mass is 161 g/mol. The van der Waals surface area contributed by atoms with Crippen LogP contribution >= 0.6 is 0 Å². The van der Waals surface area contributed by atoms with Gasteiger partial charge in [0.1, 0.15) is 0 Å². The molecule has 0 saturated heterocycles. The fourth-order valence-corrected chi connectivity index (χ4v) is 1.04. The molecule has 0 amide bonds. The van der Waals surface area contributed by atoms with Crippen LogP contribution in [0, 0.1) is 5.92 Å². The molecule has 0 aliphatic carbocycles. The predicted octanol–water partition coefficient (Wildman–Crippen LogP) is 2.85. The quantitative estimate of drug-likeness (QED) is 0.609. The molecule has 0 fully saturated rings. The number of hydrogen-bond acceptors (Lipinski definition) is 1. The van der Waals surface area contributed by atoms with Crippen LogP contribution in [0.1, 0.15) is 36.7 Å². The average molecular weight is 161 g/mol. The van der Waals surface area contributed by atoms with Crippen LogP contribution in [0.25, 0.3) is 0 Å². The molecule has 0 aromatic heterocycles. The third-order valence-corrected chi connectivity index (χ3v) is 1.87. The highest BCUT2D eigenvalue weighted by Gasteiger charge is 2.01. The minimum Gasteiger partial charge on any atom is -0.295 e. The SMILES string of the molecule is C[C](C)c1ccc(C(C)=O)cc1. The van der Waals surface area contributed by atoms with Crippen molar-refractivity contribution in [3.63, 3.8) is 0 Å². The number of benzene rings is 1. The van der Waals surface area contributed by atoms with Gasteiger partial charge in [-0.1, -0.05) is 38.1 Å². The van der Waals surface area contributed by atoms with Gasteiger partial charge in [-0.25, -0.2) is 0 Å². The molecule has 1 heteroatoms. The van der Waals surface area contributed by atoms with Crippen molar-refractivity contribution in [1.82, 2.24) is 0 Å². The molecule has 0 saturated carbocycles. The lowest BCUT2D eigenvalue weighted by atomic mass is 10.0. The van der Waals surface area contributed by atoms with Gasteiger partial charge in [0.05, 0.1) is 0 Å². The Bertz CT molecular complexity index is 270. The second-order valence-corrected chi connectivity index (χ2v) is 3.13. The van der Waals surface area contributed by atoms with Crippen molar-refractivity contribution in [1.29, 1.82) is 0 Å². The van der Waals surface area contributed by atoms with E-state index in [-0.39, 0.29) is 5.78 Å². The minimum atomic E-state index is 0.121. The Hall–Kier alpha value is -1.11. The summed E-state index contributed by atoms with van der Waals surface area (Å²) in [5, 5.41) is 0. The van der Waals surface area contributed by atoms with Crippen LogP contribution in [0.2, 0.25) is 0 Å². The Kier molecular flexibility index (Phi) is 2.64. The van der Waals surface area contributed by atoms with Crippen molar-refractivity contribution in [2.24, 2.45) is 0 Å². The summed E-state index contributed by atoms with van der Waals surface area (Å²) in [6, 6.07) is 7.69. The largest absolute Gasteiger partial charge is 0.295 e. The number of rotatable bonds is 2. The van der Waals surface area contributed by atoms with Crippen LogP contribution in [0.3, 0.4) is 0 Å². The summed E-state index contributed by atoms with van der Waals surface area (Å²) < 4.78 is 0. The van der Waals surface area contributed by atoms with E-state index in [0.29, 0.717) is 0 Å². The van der Waals surface area contributed by atoms with E-state index in [1.54, 1.807) is 6.92 Å². The van der Waals surface area contributed by atoms with E-state index in [4.69, 9.17) is 0 Å². The van der Waals surface area contributed by atoms with Crippen molar-refractivity contribution >= 4 is 5.78 Å². The first kappa shape index (κ1) is 8.98. The van der Waals surface area contributed by atoms with Crippen LogP contribution in [0.5, 0.6) is 0 Å². The van der Waals surface area contributed by atoms with E-state index >= 15 is 0 Å². The normalized spacial score (nSPS) is 10.3. The first-order valence-electron chi connectivity index (χ1n) is 4.03. The highest BCUT2D eigenvalue weighted by atomic mass is 16.1. The van der Waals surface area contributed by atoms with Gasteiger partial charge in [0.2, 0.25) is 0 Å². The maximum atomic E-state index is 10.9. The Morgan fingerprint density at radius 2 is 1.33 bits per heavy atom. The third-order valence-electron chi connectivity index (χ3n) is 1.87. The maximum absolute atomic E-state index is 10.9. The maximum Gasteiger partial charge on any atom is 0.159 e. The van der Waals surface area contributed by atoms with Gasteiger partial charge in [0.15, 0.2) is 5.78 Å². The van der Waals surface area contributed by atoms with E-state index in [9.17, 15) is 4.79 Å². The van der Waals surface area contributed by atoms with Crippen molar-refractivity contribution < 1.29 is 4.79 Å². The number of ketones is 1. The fraction of sp³-hybridized carbons (Fsp3) is 0.273. The molecule has 0 N–H and O–H groups in total. The fourth-order valence-electron chi connectivity index (χ4n) is 1.04. The van der Waals surface area contributed by atoms with E-state index in [1.165, 1.54) is 11.5 Å². The topological polar surface area (TPSA) is 17.1 Å². The molecule has 0 aliphatic heterocycles. The summed E-state index contributed by atoms with van der Waals surface area (Å²) in [7, 11) is 0. The van der Waals surface area contributed by atoms with Gasteiger partial charge in [0, 0.05) is 5.56 Å². The van der Waals surface area contributed by atoms with Crippen molar-refractivity contribution in [3.8, 4) is 0 Å². The lowest BCUT2D eigenvalue weighted by molar-refractivity contribution is 0.101. The van der Waals surface area contributed by atoms with E-state index in [1.807, 2.05) is 24.3 Å². The van der Waals surface area contributed by atoms with Crippen molar-refractivity contribution in [3.05, 3.63) is 41.3 Å². The molecule has 0 aliphatic rings. The molecule has 0 unspecified atom stereocenters. The summed E-state index contributed by atoms with van der Waals surface area (Å²) >= 11 is 0. The molecule has 1 aromatic rings. The van der Waals surface area contributed by atoms with Crippen molar-refractivity contribution in [2.45, 2.75) is 20.8 Å². The molecule has 1 aromatic carbocycles. The summed E-state index contributed by atoms with van der Waals surface area (Å²) in [6.45, 7) is 5.70. The summed E-state index contributed by atoms with van der Waals surface area (Å²) in [5.41, 5.74) is 1.97. The Labute approximate surface area is 73.4 Å². The highest BCUT2D eigenvalue weighted by Crippen LogP contribution is 2.13. The van der Waals surface area contributed by atoms with Crippen molar-refractivity contribution in [2.75, 3.05) is 0 Å². The molecule has 0 heterocycles. The number of carbonyl (C=O) groups excluding carboxylic acids is 1. The molecule has 1 rings (SSSR count). The number of Topliss-reactive ketones (excluding diaryl/α,β-unsaturated/α-hetero) is 1. The van der Waals surface area contributed by atoms with Gasteiger partial charge < -0.3 is 0 Å². The second-order valence-electron chi connectivity index (χ2n) is 3.13. The zero-order valence-corrected chi connectivity index (χ0v) is 7.72. The molecule has 63 valence electrons. The van der Waals surface area contributed by atoms with Gasteiger partial charge in [-0.15, -0.1) is 0 Å². The van der Waals surface area contributed by atoms with Gasteiger partial charge >= 0.3 is 0 Å². The van der Waals surface area contributed by atoms with Crippen LogP contribution in [-0.4, -0.2) is 5.78 Å². The van der Waals surface area contributed by atoms with Crippen LogP contribution in [0.15, 0.2) is 24.3 Å². The Morgan fingerprint density at radius 1 is 0.917 bits per heavy atom. The van der Waals surface area contributed by atoms with E-state index in [0.717, 1.165) is 5.56 Å². The summed E-state index contributed by atoms with van der Waals surface area (Å²) in [5.74, 6) is 1.39. The zero-order valence-electron chi connectivity index (χ0n) is 7.72. The zero-order chi connectivity index (χ0) is 9.14. The molecule has 12 heavy (non-hydrogen) atoms. The summed E-state index contributed by atoms with van der Waals surface area (Å²) in [6.07, 6.45) is 0. The lowest BCUT2D eigenvalue weighted by Gasteiger charge is -2.03. The summed E-state index contributed by atoms with van der Waals surface area (Å²) in [4.78, 5) is 10.9. The number of carbonyl (C=O) groups is 1. The molecule has 1 radical (unpaired) electrons. The predicted molar refractivity (Wildman–Crippen MR) is 50.1 cm³/mol. The Balaban J connectivity index is 2.93. The van der Waals surface area contributed by atoms with E-state index in [2.05, 4.69) is 13.8 Å². The second kappa shape index (κ2) is 3.53. The standard InChI is InChI=1S/C11H13O/c1-8(2)10-4-6-11(7-5-10)9(3)12/h4-7H,1-3H3. The minimum absolute atomic E-state index is 0.121. The number of hydrogen-bond donors (Lipinski definition) is 0. The highest BCUT2D eigenvalue weighted by molar-refractivity contribution is 5.94. The van der Waals surface area contributed by atoms with Gasteiger partial charge in [0.25, 0.3) is 0 Å². The third kappa shape index (κ3) is 1.94. The van der Waals surface area contributed by atoms with E-state index < -0.39 is 0 Å². The van der Waals surface area contributed by atoms with Gasteiger partial charge in [-0.2, -0.15) is 0 Å². The first-order chi connectivity index (χ1) is 5.61. The first-order valence-corrected chi connectivity index (χ1v) is 4.03. The van der Waals surface area contributed by atoms with Crippen LogP contribution in [-0.2, 0) is 0 Å². The molecule has 1 nitrogen and oxygen atoms in total. The van der Waals surface area contributed by atoms with Crippen LogP contribution < -0.4 is 0 Å². The average Bonchev–Trinajstić information content (AvgIpc) is 2.04. The Morgan fingerprint density at radius 3 is 1.67 bits per heavy atom. The molecule has 0 spiro atoms. The molecular weight excluding hydrogens is 148 g/mol. The van der Waals surface area contributed by atoms with Gasteiger partial charge in [-0.05, 0) is 18.4 Å². The molecular formula is C11H13O. The lowest BCUT2D eigenvalue weighted by Crippen LogP contribution is -1.93. The van der Waals surface area contributed by atoms with Crippen LogP contribution in [0.4, 0.5) is 0 Å². The molecule has 0 atom stereocenters. The smallest absolute Gasteiger partial charge is 0.159 e. The molecule has 0 bridgehead atoms. The van der Waals surface area contributed by atoms with Gasteiger partial charge in [-0.3, -0.25) is 4.79 Å².